The molecule has 0 fully saturated rings. The van der Waals surface area contributed by atoms with Crippen molar-refractivity contribution in [2.75, 3.05) is 6.61 Å². The van der Waals surface area contributed by atoms with Gasteiger partial charge in [-0.05, 0) is 37.5 Å². The first-order valence-electron chi connectivity index (χ1n) is 9.55. The van der Waals surface area contributed by atoms with Gasteiger partial charge in [-0.3, -0.25) is 19.7 Å². The lowest BCUT2D eigenvalue weighted by molar-refractivity contribution is -0.385. The van der Waals surface area contributed by atoms with E-state index in [9.17, 15) is 32.9 Å². The smallest absolute Gasteiger partial charge is 0.390 e. The maximum absolute atomic E-state index is 13.3. The predicted octanol–water partition coefficient (Wildman–Crippen LogP) is 4.68. The highest BCUT2D eigenvalue weighted by atomic mass is 19.4. The van der Waals surface area contributed by atoms with E-state index in [1.54, 1.807) is 13.0 Å². The zero-order valence-electron chi connectivity index (χ0n) is 16.6. The average molecular weight is 436 g/mol. The van der Waals surface area contributed by atoms with Crippen LogP contribution in [-0.4, -0.2) is 34.4 Å². The Morgan fingerprint density at radius 1 is 1.29 bits per heavy atom. The van der Waals surface area contributed by atoms with Crippen LogP contribution in [0.15, 0.2) is 36.5 Å². The summed E-state index contributed by atoms with van der Waals surface area (Å²) in [4.78, 5) is 39.3. The van der Waals surface area contributed by atoms with Crippen LogP contribution in [0, 0.1) is 15.5 Å². The Morgan fingerprint density at radius 3 is 2.61 bits per heavy atom. The van der Waals surface area contributed by atoms with Crippen LogP contribution in [0.2, 0.25) is 0 Å². The molecule has 164 valence electrons. The van der Waals surface area contributed by atoms with Gasteiger partial charge in [-0.2, -0.15) is 13.2 Å². The summed E-state index contributed by atoms with van der Waals surface area (Å²) < 4.78 is 44.7. The Hall–Kier alpha value is -3.30. The maximum atomic E-state index is 13.3. The van der Waals surface area contributed by atoms with Crippen molar-refractivity contribution in [2.24, 2.45) is 5.41 Å². The largest absolute Gasteiger partial charge is 0.466 e. The molecule has 0 radical (unpaired) electrons. The van der Waals surface area contributed by atoms with Gasteiger partial charge in [0.1, 0.15) is 6.20 Å². The molecule has 10 heteroatoms. The first kappa shape index (κ1) is 22.4. The second kappa shape index (κ2) is 8.44. The number of carbonyl (C=O) groups is 2. The maximum Gasteiger partial charge on any atom is 0.390 e. The molecule has 1 atom stereocenters. The fourth-order valence-electron chi connectivity index (χ4n) is 3.89. The summed E-state index contributed by atoms with van der Waals surface area (Å²) in [6, 6.07) is 7.34. The second-order valence-corrected chi connectivity index (χ2v) is 7.41. The van der Waals surface area contributed by atoms with E-state index < -0.39 is 41.1 Å². The van der Waals surface area contributed by atoms with Gasteiger partial charge in [0.2, 0.25) is 0 Å². The average Bonchev–Trinajstić information content (AvgIpc) is 2.69. The van der Waals surface area contributed by atoms with Crippen LogP contribution in [0.3, 0.4) is 0 Å². The van der Waals surface area contributed by atoms with Gasteiger partial charge in [0.15, 0.2) is 5.78 Å². The molecule has 0 saturated carbocycles. The molecule has 1 aromatic heterocycles. The normalized spacial score (nSPS) is 18.4. The van der Waals surface area contributed by atoms with Gasteiger partial charge in [-0.15, -0.1) is 0 Å². The molecule has 1 aliphatic rings. The fourth-order valence-corrected chi connectivity index (χ4v) is 3.89. The number of nitrogens with zero attached hydrogens (tertiary/aromatic N) is 2. The number of nitro groups is 1. The minimum absolute atomic E-state index is 0.0112. The monoisotopic (exact) mass is 436 g/mol. The van der Waals surface area contributed by atoms with Crippen LogP contribution in [0.1, 0.15) is 42.1 Å². The lowest BCUT2D eigenvalue weighted by Crippen LogP contribution is -2.42. The van der Waals surface area contributed by atoms with Crippen molar-refractivity contribution in [3.8, 4) is 11.3 Å². The van der Waals surface area contributed by atoms with Crippen LogP contribution >= 0.6 is 0 Å². The Balaban J connectivity index is 1.94. The SMILES string of the molecule is CCOC(=O)CC1(CC(F)(F)F)CCc2cc(-c3ccc([N+](=O)[O-])cn3)ccc2C1=O. The van der Waals surface area contributed by atoms with E-state index in [0.29, 0.717) is 16.8 Å². The zero-order chi connectivity index (χ0) is 22.8. The van der Waals surface area contributed by atoms with Crippen molar-refractivity contribution in [3.05, 3.63) is 57.8 Å². The number of fused-ring (bicyclic) bond motifs is 1. The van der Waals surface area contributed by atoms with Gasteiger partial charge in [0.05, 0.1) is 35.5 Å². The van der Waals surface area contributed by atoms with E-state index in [2.05, 4.69) is 4.98 Å². The second-order valence-electron chi connectivity index (χ2n) is 7.41. The van der Waals surface area contributed by atoms with Crippen LogP contribution in [0.25, 0.3) is 11.3 Å². The molecule has 3 rings (SSSR count). The third-order valence-corrected chi connectivity index (χ3v) is 5.29. The van der Waals surface area contributed by atoms with Crippen LogP contribution in [0.5, 0.6) is 0 Å². The van der Waals surface area contributed by atoms with Crippen molar-refractivity contribution in [3.63, 3.8) is 0 Å². The van der Waals surface area contributed by atoms with E-state index in [1.807, 2.05) is 0 Å². The molecule has 31 heavy (non-hydrogen) atoms. The predicted molar refractivity (Wildman–Crippen MR) is 103 cm³/mol. The molecule has 2 aromatic rings. The fraction of sp³-hybridized carbons (Fsp3) is 0.381. The molecule has 0 spiro atoms. The third-order valence-electron chi connectivity index (χ3n) is 5.29. The number of aromatic nitrogens is 1. The first-order valence-corrected chi connectivity index (χ1v) is 9.55. The van der Waals surface area contributed by atoms with Gasteiger partial charge in [-0.25, -0.2) is 4.98 Å². The minimum Gasteiger partial charge on any atom is -0.466 e. The molecule has 0 amide bonds. The van der Waals surface area contributed by atoms with Gasteiger partial charge < -0.3 is 4.74 Å². The summed E-state index contributed by atoms with van der Waals surface area (Å²) in [6.07, 6.45) is -5.53. The summed E-state index contributed by atoms with van der Waals surface area (Å²) in [7, 11) is 0. The summed E-state index contributed by atoms with van der Waals surface area (Å²) in [5.74, 6) is -1.57. The molecule has 1 unspecified atom stereocenters. The first-order chi connectivity index (χ1) is 14.5. The van der Waals surface area contributed by atoms with E-state index in [0.717, 1.165) is 6.20 Å². The van der Waals surface area contributed by atoms with Gasteiger partial charge in [0, 0.05) is 17.2 Å². The van der Waals surface area contributed by atoms with E-state index in [1.165, 1.54) is 24.3 Å². The Labute approximate surface area is 175 Å². The summed E-state index contributed by atoms with van der Waals surface area (Å²) in [5, 5.41) is 10.8. The lowest BCUT2D eigenvalue weighted by Gasteiger charge is -2.36. The third kappa shape index (κ3) is 4.89. The minimum atomic E-state index is -4.62. The number of alkyl halides is 3. The van der Waals surface area contributed by atoms with Crippen molar-refractivity contribution in [2.45, 2.75) is 38.8 Å². The van der Waals surface area contributed by atoms with Gasteiger partial charge in [0.25, 0.3) is 5.69 Å². The number of benzene rings is 1. The van der Waals surface area contributed by atoms with E-state index in [4.69, 9.17) is 4.74 Å². The number of rotatable bonds is 6. The molecule has 0 bridgehead atoms. The highest BCUT2D eigenvalue weighted by Gasteiger charge is 2.51. The van der Waals surface area contributed by atoms with Gasteiger partial charge in [-0.1, -0.05) is 12.1 Å². The number of hydrogen-bond donors (Lipinski definition) is 0. The highest BCUT2D eigenvalue weighted by Crippen LogP contribution is 2.46. The van der Waals surface area contributed by atoms with E-state index in [-0.39, 0.29) is 30.7 Å². The number of Topliss-reactive ketones (excluding diaryl/α,β-unsaturated/α-hetero) is 1. The number of esters is 1. The van der Waals surface area contributed by atoms with Gasteiger partial charge >= 0.3 is 12.1 Å². The van der Waals surface area contributed by atoms with Crippen molar-refractivity contribution in [1.29, 1.82) is 0 Å². The molecular formula is C21H19F3N2O5. The summed E-state index contributed by atoms with van der Waals surface area (Å²) in [5.41, 5.74) is -0.387. The number of ether oxygens (including phenoxy) is 1. The zero-order valence-corrected chi connectivity index (χ0v) is 16.6. The van der Waals surface area contributed by atoms with E-state index >= 15 is 0 Å². The number of hydrogen-bond acceptors (Lipinski definition) is 6. The van der Waals surface area contributed by atoms with Crippen molar-refractivity contribution in [1.82, 2.24) is 4.98 Å². The standard InChI is InChI=1S/C21H19F3N2O5/c1-2-31-18(27)10-20(12-21(22,23)24)8-7-13-9-14(3-5-16(13)19(20)28)17-6-4-15(11-25-17)26(29)30/h3-6,9,11H,2,7-8,10,12H2,1H3. The molecule has 7 nitrogen and oxygen atoms in total. The number of pyridine rings is 1. The van der Waals surface area contributed by atoms with Crippen LogP contribution in [0.4, 0.5) is 18.9 Å². The molecule has 1 aliphatic carbocycles. The Morgan fingerprint density at radius 2 is 2.03 bits per heavy atom. The molecule has 0 saturated heterocycles. The Kier molecular flexibility index (Phi) is 6.10. The topological polar surface area (TPSA) is 99.4 Å². The quantitative estimate of drug-likeness (QED) is 0.370. The molecule has 1 aromatic carbocycles. The molecular weight excluding hydrogens is 417 g/mol. The highest BCUT2D eigenvalue weighted by molar-refractivity contribution is 6.04. The van der Waals surface area contributed by atoms with Crippen LogP contribution in [-0.2, 0) is 16.0 Å². The number of ketones is 1. The number of halogens is 3. The number of carbonyl (C=O) groups excluding carboxylic acids is 2. The van der Waals surface area contributed by atoms with Crippen molar-refractivity contribution >= 4 is 17.4 Å². The van der Waals surface area contributed by atoms with Crippen LogP contribution < -0.4 is 0 Å². The molecule has 0 N–H and O–H groups in total. The Bertz CT molecular complexity index is 1020. The molecule has 0 aliphatic heterocycles. The molecule has 1 heterocycles. The summed E-state index contributed by atoms with van der Waals surface area (Å²) in [6.45, 7) is 1.55. The number of aryl methyl sites for hydroxylation is 1. The van der Waals surface area contributed by atoms with Crippen molar-refractivity contribution < 1.29 is 32.4 Å². The lowest BCUT2D eigenvalue weighted by atomic mass is 9.66. The summed E-state index contributed by atoms with van der Waals surface area (Å²) >= 11 is 0.